The highest BCUT2D eigenvalue weighted by Crippen LogP contribution is 2.22. The number of amides is 3. The SMILES string of the molecule is CCCCNC(=O)N[C@@H](Cc1ccccc1)C(=O)N[C@H](/C=C/S(=O)(=O)c1ccccc1)CCCCNS(=O)(=O)c1cccc2ccccc12. The van der Waals surface area contributed by atoms with Gasteiger partial charge >= 0.3 is 6.03 Å². The summed E-state index contributed by atoms with van der Waals surface area (Å²) in [7, 11) is -7.59. The van der Waals surface area contributed by atoms with Crippen LogP contribution in [0.3, 0.4) is 0 Å². The van der Waals surface area contributed by atoms with E-state index >= 15 is 0 Å². The van der Waals surface area contributed by atoms with Crippen molar-refractivity contribution in [3.8, 4) is 0 Å². The molecule has 10 nitrogen and oxygen atoms in total. The molecule has 0 fully saturated rings. The molecule has 2 atom stereocenters. The Hall–Kier alpha value is -4.52. The van der Waals surface area contributed by atoms with Crippen molar-refractivity contribution in [2.75, 3.05) is 13.1 Å². The zero-order valence-electron chi connectivity index (χ0n) is 27.5. The number of rotatable bonds is 18. The lowest BCUT2D eigenvalue weighted by Crippen LogP contribution is -2.52. The fourth-order valence-corrected chi connectivity index (χ4v) is 7.63. The van der Waals surface area contributed by atoms with Gasteiger partial charge in [-0.25, -0.2) is 26.4 Å². The van der Waals surface area contributed by atoms with Gasteiger partial charge in [0.1, 0.15) is 6.04 Å². The number of urea groups is 1. The first kappa shape index (κ1) is 37.3. The van der Waals surface area contributed by atoms with Gasteiger partial charge in [0.05, 0.1) is 9.79 Å². The highest BCUT2D eigenvalue weighted by molar-refractivity contribution is 7.94. The second kappa shape index (κ2) is 18.3. The van der Waals surface area contributed by atoms with Crippen LogP contribution in [0.15, 0.2) is 124 Å². The average molecular weight is 705 g/mol. The van der Waals surface area contributed by atoms with Crippen molar-refractivity contribution in [3.63, 3.8) is 0 Å². The van der Waals surface area contributed by atoms with Crippen LogP contribution >= 0.6 is 0 Å². The van der Waals surface area contributed by atoms with Crippen molar-refractivity contribution in [1.29, 1.82) is 0 Å². The van der Waals surface area contributed by atoms with Crippen molar-refractivity contribution in [2.45, 2.75) is 67.3 Å². The highest BCUT2D eigenvalue weighted by Gasteiger charge is 2.24. The topological polar surface area (TPSA) is 151 Å². The zero-order chi connectivity index (χ0) is 35.1. The largest absolute Gasteiger partial charge is 0.348 e. The molecule has 3 amide bonds. The predicted molar refractivity (Wildman–Crippen MR) is 193 cm³/mol. The molecule has 0 aliphatic carbocycles. The standard InChI is InChI=1S/C37H44N4O6S2/c1-2-3-25-38-37(43)41-34(28-29-15-6-4-7-16-29)36(42)40-31(24-27-48(44,45)32-20-8-5-9-21-32)19-12-13-26-39-49(46,47)35-23-14-18-30-17-10-11-22-33(30)35/h4-11,14-18,20-24,27,31,34,39H,2-3,12-13,19,25-26,28H2,1H3,(H,40,42)(H2,38,41,43)/b27-24+/t31-,34-/m0/s1. The van der Waals surface area contributed by atoms with Crippen molar-refractivity contribution in [3.05, 3.63) is 120 Å². The predicted octanol–water partition coefficient (Wildman–Crippen LogP) is 5.47. The molecule has 0 aliphatic heterocycles. The molecule has 0 heterocycles. The summed E-state index contributed by atoms with van der Waals surface area (Å²) >= 11 is 0. The molecule has 4 N–H and O–H groups in total. The minimum absolute atomic E-state index is 0.117. The maximum absolute atomic E-state index is 13.7. The van der Waals surface area contributed by atoms with Crippen molar-refractivity contribution >= 4 is 42.6 Å². The summed E-state index contributed by atoms with van der Waals surface area (Å²) in [6.07, 6.45) is 4.57. The molecular weight excluding hydrogens is 661 g/mol. The number of carbonyl (C=O) groups is 2. The third-order valence-electron chi connectivity index (χ3n) is 7.88. The van der Waals surface area contributed by atoms with Gasteiger partial charge < -0.3 is 16.0 Å². The molecule has 49 heavy (non-hydrogen) atoms. The molecule has 12 heteroatoms. The Morgan fingerprint density at radius 3 is 2.14 bits per heavy atom. The van der Waals surface area contributed by atoms with Crippen LogP contribution in [0.2, 0.25) is 0 Å². The van der Waals surface area contributed by atoms with E-state index in [1.165, 1.54) is 18.2 Å². The lowest BCUT2D eigenvalue weighted by Gasteiger charge is -2.22. The molecule has 0 saturated carbocycles. The lowest BCUT2D eigenvalue weighted by molar-refractivity contribution is -0.123. The number of unbranched alkanes of at least 4 members (excludes halogenated alkanes) is 2. The normalized spacial score (nSPS) is 13.2. The quantitative estimate of drug-likeness (QED) is 0.101. The van der Waals surface area contributed by atoms with Gasteiger partial charge in [-0.05, 0) is 54.8 Å². The van der Waals surface area contributed by atoms with E-state index in [1.807, 2.05) is 55.5 Å². The van der Waals surface area contributed by atoms with E-state index in [9.17, 15) is 26.4 Å². The molecule has 4 aromatic rings. The van der Waals surface area contributed by atoms with Gasteiger partial charge in [0, 0.05) is 36.3 Å². The Bertz CT molecular complexity index is 1910. The Kier molecular flexibility index (Phi) is 13.9. The monoisotopic (exact) mass is 704 g/mol. The zero-order valence-corrected chi connectivity index (χ0v) is 29.2. The van der Waals surface area contributed by atoms with E-state index in [4.69, 9.17) is 0 Å². The summed E-state index contributed by atoms with van der Waals surface area (Å²) in [4.78, 5) is 26.7. The summed E-state index contributed by atoms with van der Waals surface area (Å²) in [5, 5.41) is 11.0. The second-order valence-corrected chi connectivity index (χ2v) is 15.2. The summed E-state index contributed by atoms with van der Waals surface area (Å²) in [6, 6.07) is 27.5. The van der Waals surface area contributed by atoms with Crippen LogP contribution in [-0.2, 0) is 31.1 Å². The van der Waals surface area contributed by atoms with Gasteiger partial charge in [-0.15, -0.1) is 0 Å². The molecule has 0 spiro atoms. The van der Waals surface area contributed by atoms with Crippen molar-refractivity contribution in [1.82, 2.24) is 20.7 Å². The van der Waals surface area contributed by atoms with E-state index < -0.39 is 43.9 Å². The number of hydrogen-bond acceptors (Lipinski definition) is 6. The maximum Gasteiger partial charge on any atom is 0.315 e. The molecule has 260 valence electrons. The van der Waals surface area contributed by atoms with Crippen LogP contribution in [0.5, 0.6) is 0 Å². The van der Waals surface area contributed by atoms with Gasteiger partial charge in [-0.3, -0.25) is 4.79 Å². The van der Waals surface area contributed by atoms with E-state index in [1.54, 1.807) is 42.5 Å². The fraction of sp³-hybridized carbons (Fsp3) is 0.297. The summed E-state index contributed by atoms with van der Waals surface area (Å²) < 4.78 is 55.0. The average Bonchev–Trinajstić information content (AvgIpc) is 3.10. The van der Waals surface area contributed by atoms with E-state index in [0.717, 1.165) is 29.2 Å². The van der Waals surface area contributed by atoms with Crippen LogP contribution in [0, 0.1) is 0 Å². The van der Waals surface area contributed by atoms with Gasteiger partial charge in [-0.2, -0.15) is 0 Å². The Morgan fingerprint density at radius 2 is 1.41 bits per heavy atom. The highest BCUT2D eigenvalue weighted by atomic mass is 32.2. The van der Waals surface area contributed by atoms with Crippen LogP contribution in [0.25, 0.3) is 10.8 Å². The number of benzene rings is 4. The minimum Gasteiger partial charge on any atom is -0.348 e. The molecule has 0 aliphatic rings. The Labute approximate surface area is 289 Å². The molecule has 4 rings (SSSR count). The fourth-order valence-electron chi connectivity index (χ4n) is 5.24. The third kappa shape index (κ3) is 11.6. The Balaban J connectivity index is 1.46. The molecule has 0 aromatic heterocycles. The third-order valence-corrected chi connectivity index (χ3v) is 10.8. The first-order valence-corrected chi connectivity index (χ1v) is 19.5. The summed E-state index contributed by atoms with van der Waals surface area (Å²) in [6.45, 7) is 2.63. The number of carbonyl (C=O) groups excluding carboxylic acids is 2. The number of hydrogen-bond donors (Lipinski definition) is 4. The second-order valence-electron chi connectivity index (χ2n) is 11.7. The van der Waals surface area contributed by atoms with Crippen molar-refractivity contribution < 1.29 is 26.4 Å². The first-order chi connectivity index (χ1) is 23.6. The smallest absolute Gasteiger partial charge is 0.315 e. The number of nitrogens with one attached hydrogen (secondary N) is 4. The van der Waals surface area contributed by atoms with Gasteiger partial charge in [0.2, 0.25) is 15.9 Å². The van der Waals surface area contributed by atoms with Gasteiger partial charge in [0.25, 0.3) is 0 Å². The number of fused-ring (bicyclic) bond motifs is 1. The molecule has 0 unspecified atom stereocenters. The van der Waals surface area contributed by atoms with Gasteiger partial charge in [0.15, 0.2) is 9.84 Å². The summed E-state index contributed by atoms with van der Waals surface area (Å²) in [5.74, 6) is -0.474. The maximum atomic E-state index is 13.7. The van der Waals surface area contributed by atoms with E-state index in [-0.39, 0.29) is 22.8 Å². The number of sulfonamides is 1. The van der Waals surface area contributed by atoms with E-state index in [2.05, 4.69) is 20.7 Å². The minimum atomic E-state index is -3.80. The van der Waals surface area contributed by atoms with Crippen LogP contribution in [-0.4, -0.2) is 53.9 Å². The van der Waals surface area contributed by atoms with Gasteiger partial charge in [-0.1, -0.05) is 104 Å². The van der Waals surface area contributed by atoms with Crippen LogP contribution < -0.4 is 20.7 Å². The molecule has 0 radical (unpaired) electrons. The Morgan fingerprint density at radius 1 is 0.735 bits per heavy atom. The molecule has 4 aromatic carbocycles. The van der Waals surface area contributed by atoms with Crippen molar-refractivity contribution in [2.24, 2.45) is 0 Å². The van der Waals surface area contributed by atoms with E-state index in [0.29, 0.717) is 31.2 Å². The molecule has 0 bridgehead atoms. The molecule has 0 saturated heterocycles. The number of sulfone groups is 1. The van der Waals surface area contributed by atoms with Crippen LogP contribution in [0.1, 0.15) is 44.6 Å². The summed E-state index contributed by atoms with van der Waals surface area (Å²) in [5.41, 5.74) is 0.841. The lowest BCUT2D eigenvalue weighted by atomic mass is 10.0. The van der Waals surface area contributed by atoms with Crippen LogP contribution in [0.4, 0.5) is 4.79 Å². The first-order valence-electron chi connectivity index (χ1n) is 16.4. The molecular formula is C37H44N4O6S2.